The maximum atomic E-state index is 5.84. The third-order valence-corrected chi connectivity index (χ3v) is 6.01. The van der Waals surface area contributed by atoms with Crippen molar-refractivity contribution in [3.05, 3.63) is 19.9 Å². The molecule has 104 valence electrons. The number of hydrogen-bond acceptors (Lipinski definition) is 3. The van der Waals surface area contributed by atoms with Crippen LogP contribution in [0, 0.1) is 3.70 Å². The van der Waals surface area contributed by atoms with Gasteiger partial charge in [-0.2, -0.15) is 5.10 Å². The number of aromatic nitrogens is 3. The highest BCUT2D eigenvalue weighted by molar-refractivity contribution is 14.1. The monoisotopic (exact) mass is 453 g/mol. The fraction of sp³-hybridized carbons (Fsp3) is 0.500. The van der Waals surface area contributed by atoms with Gasteiger partial charge in [0.25, 0.3) is 0 Å². The smallest absolute Gasteiger partial charge is 0.156 e. The summed E-state index contributed by atoms with van der Waals surface area (Å²) in [6, 6.07) is 1.18. The van der Waals surface area contributed by atoms with Crippen LogP contribution in [0.5, 0.6) is 0 Å². The lowest BCUT2D eigenvalue weighted by Gasteiger charge is -2.15. The Morgan fingerprint density at radius 3 is 2.84 bits per heavy atom. The van der Waals surface area contributed by atoms with E-state index >= 15 is 0 Å². The van der Waals surface area contributed by atoms with E-state index in [1.807, 2.05) is 0 Å². The van der Waals surface area contributed by atoms with Gasteiger partial charge in [0, 0.05) is 30.9 Å². The number of H-pyrrole nitrogens is 1. The minimum Gasteiger partial charge on any atom is -0.377 e. The molecule has 2 aromatic rings. The molecule has 0 fully saturated rings. The first-order valence-corrected chi connectivity index (χ1v) is 11.7. The van der Waals surface area contributed by atoms with E-state index in [2.05, 4.69) is 73.3 Å². The molecule has 0 amide bonds. The third kappa shape index (κ3) is 3.99. The number of halogens is 2. The molecule has 0 atom stereocenters. The van der Waals surface area contributed by atoms with Gasteiger partial charge >= 0.3 is 0 Å². The van der Waals surface area contributed by atoms with Crippen LogP contribution in [-0.4, -0.2) is 29.9 Å². The van der Waals surface area contributed by atoms with Gasteiger partial charge in [0.1, 0.15) is 3.70 Å². The van der Waals surface area contributed by atoms with Crippen molar-refractivity contribution in [1.29, 1.82) is 0 Å². The molecule has 0 saturated heterocycles. The fourth-order valence-corrected chi connectivity index (χ4v) is 3.56. The molecule has 2 heterocycles. The highest BCUT2D eigenvalue weighted by Gasteiger charge is 2.15. The summed E-state index contributed by atoms with van der Waals surface area (Å²) in [6.45, 7) is 8.49. The summed E-state index contributed by atoms with van der Waals surface area (Å²) in [7, 11) is -1.03. The molecule has 2 rings (SSSR count). The lowest BCUT2D eigenvalue weighted by atomic mass is 10.2. The Bertz CT molecular complexity index is 582. The fourth-order valence-electron chi connectivity index (χ4n) is 1.68. The number of hydrogen-bond donors (Lipinski definition) is 1. The van der Waals surface area contributed by atoms with Crippen LogP contribution in [0.25, 0.3) is 11.0 Å². The molecular weight excluding hydrogens is 437 g/mol. The van der Waals surface area contributed by atoms with E-state index in [1.54, 1.807) is 6.20 Å². The van der Waals surface area contributed by atoms with Crippen LogP contribution in [0.2, 0.25) is 25.7 Å². The lowest BCUT2D eigenvalue weighted by molar-refractivity contribution is 0.133. The Morgan fingerprint density at radius 2 is 2.16 bits per heavy atom. The van der Waals surface area contributed by atoms with Crippen molar-refractivity contribution in [3.8, 4) is 0 Å². The number of aromatic amines is 1. The van der Waals surface area contributed by atoms with Gasteiger partial charge in [-0.15, -0.1) is 0 Å². The highest BCUT2D eigenvalue weighted by Crippen LogP contribution is 2.27. The number of ether oxygens (including phenoxy) is 1. The van der Waals surface area contributed by atoms with Crippen molar-refractivity contribution in [2.45, 2.75) is 32.3 Å². The molecule has 0 unspecified atom stereocenters. The topological polar surface area (TPSA) is 50.8 Å². The molecule has 1 N–H and O–H groups in total. The van der Waals surface area contributed by atoms with Gasteiger partial charge in [0.05, 0.1) is 12.0 Å². The highest BCUT2D eigenvalue weighted by atomic mass is 127. The summed E-state index contributed by atoms with van der Waals surface area (Å²) in [5.41, 5.74) is 1.94. The van der Waals surface area contributed by atoms with Crippen LogP contribution < -0.4 is 0 Å². The van der Waals surface area contributed by atoms with E-state index in [1.165, 1.54) is 6.04 Å². The van der Waals surface area contributed by atoms with E-state index in [4.69, 9.17) is 4.74 Å². The Balaban J connectivity index is 2.12. The molecule has 0 aliphatic rings. The summed E-state index contributed by atoms with van der Waals surface area (Å²) in [5.74, 6) is 0. The van der Waals surface area contributed by atoms with E-state index in [-0.39, 0.29) is 0 Å². The van der Waals surface area contributed by atoms with Gasteiger partial charge in [-0.05, 0) is 44.6 Å². The van der Waals surface area contributed by atoms with Crippen LogP contribution in [0.4, 0.5) is 0 Å². The second-order valence-electron chi connectivity index (χ2n) is 5.69. The van der Waals surface area contributed by atoms with Gasteiger partial charge in [-0.3, -0.25) is 5.10 Å². The molecule has 0 bridgehead atoms. The van der Waals surface area contributed by atoms with E-state index < -0.39 is 8.07 Å². The standard InChI is InChI=1S/C12H17BrIN3OSi/c1-19(2,3)5-4-18-7-8-9(13)6-15-12-10(8)11(14)16-17-12/h6H,4-5,7H2,1-3H3,(H,15,16,17). The summed E-state index contributed by atoms with van der Waals surface area (Å²) < 4.78 is 7.76. The number of rotatable bonds is 5. The predicted molar refractivity (Wildman–Crippen MR) is 92.1 cm³/mol. The van der Waals surface area contributed by atoms with Crippen LogP contribution in [0.1, 0.15) is 5.56 Å². The van der Waals surface area contributed by atoms with Gasteiger partial charge in [-0.1, -0.05) is 19.6 Å². The Kier molecular flexibility index (Phi) is 5.02. The van der Waals surface area contributed by atoms with Crippen molar-refractivity contribution in [1.82, 2.24) is 15.2 Å². The molecule has 4 nitrogen and oxygen atoms in total. The number of fused-ring (bicyclic) bond motifs is 1. The summed E-state index contributed by atoms with van der Waals surface area (Å²) in [5, 5.41) is 8.18. The van der Waals surface area contributed by atoms with Crippen LogP contribution >= 0.6 is 38.5 Å². The quantitative estimate of drug-likeness (QED) is 0.419. The van der Waals surface area contributed by atoms with Crippen molar-refractivity contribution < 1.29 is 4.74 Å². The lowest BCUT2D eigenvalue weighted by Crippen LogP contribution is -2.21. The Labute approximate surface area is 136 Å². The third-order valence-electron chi connectivity index (χ3n) is 2.84. The number of pyridine rings is 1. The molecule has 0 radical (unpaired) electrons. The molecule has 2 aromatic heterocycles. The van der Waals surface area contributed by atoms with Gasteiger partial charge in [0.15, 0.2) is 5.65 Å². The number of nitrogens with zero attached hydrogens (tertiary/aromatic N) is 2. The molecule has 0 aliphatic carbocycles. The van der Waals surface area contributed by atoms with Crippen molar-refractivity contribution in [2.75, 3.05) is 6.61 Å². The molecule has 0 aliphatic heterocycles. The predicted octanol–water partition coefficient (Wildman–Crippen LogP) is 4.18. The molecule has 0 spiro atoms. The van der Waals surface area contributed by atoms with Crippen molar-refractivity contribution in [3.63, 3.8) is 0 Å². The van der Waals surface area contributed by atoms with Crippen molar-refractivity contribution in [2.24, 2.45) is 0 Å². The van der Waals surface area contributed by atoms with Crippen molar-refractivity contribution >= 4 is 57.6 Å². The summed E-state index contributed by atoms with van der Waals surface area (Å²) in [6.07, 6.45) is 1.80. The van der Waals surface area contributed by atoms with Gasteiger partial charge < -0.3 is 4.74 Å². The van der Waals surface area contributed by atoms with E-state index in [0.717, 1.165) is 31.4 Å². The first-order valence-electron chi connectivity index (χ1n) is 6.13. The zero-order chi connectivity index (χ0) is 14.0. The molecule has 7 heteroatoms. The van der Waals surface area contributed by atoms with Crippen LogP contribution in [0.3, 0.4) is 0 Å². The maximum absolute atomic E-state index is 5.84. The zero-order valence-electron chi connectivity index (χ0n) is 11.3. The molecular formula is C12H17BrIN3OSi. The van der Waals surface area contributed by atoms with Crippen LogP contribution in [0.15, 0.2) is 10.7 Å². The van der Waals surface area contributed by atoms with Gasteiger partial charge in [0.2, 0.25) is 0 Å². The second-order valence-corrected chi connectivity index (χ2v) is 13.2. The Morgan fingerprint density at radius 1 is 1.42 bits per heavy atom. The maximum Gasteiger partial charge on any atom is 0.156 e. The first kappa shape index (κ1) is 15.4. The van der Waals surface area contributed by atoms with Gasteiger partial charge in [-0.25, -0.2) is 4.98 Å². The summed E-state index contributed by atoms with van der Waals surface area (Å²) >= 11 is 5.77. The zero-order valence-corrected chi connectivity index (χ0v) is 16.0. The normalized spacial score (nSPS) is 12.3. The molecule has 0 aromatic carbocycles. The largest absolute Gasteiger partial charge is 0.377 e. The first-order chi connectivity index (χ1) is 8.88. The second kappa shape index (κ2) is 6.19. The average molecular weight is 454 g/mol. The SMILES string of the molecule is C[Si](C)(C)CCOCc1c(Br)cnc2[nH]nc(I)c12. The van der Waals surface area contributed by atoms with E-state index in [9.17, 15) is 0 Å². The van der Waals surface area contributed by atoms with E-state index in [0.29, 0.717) is 6.61 Å². The minimum atomic E-state index is -1.03. The summed E-state index contributed by atoms with van der Waals surface area (Å²) in [4.78, 5) is 4.31. The average Bonchev–Trinajstić information content (AvgIpc) is 2.68. The molecule has 0 saturated carbocycles. The minimum absolute atomic E-state index is 0.597. The number of nitrogens with one attached hydrogen (secondary N) is 1. The molecule has 19 heavy (non-hydrogen) atoms. The Hall–Kier alpha value is 0.00688. The van der Waals surface area contributed by atoms with Crippen LogP contribution in [-0.2, 0) is 11.3 Å².